The minimum Gasteiger partial charge on any atom is -0.497 e. The Kier molecular flexibility index (Phi) is 6.49. The maximum absolute atomic E-state index is 12.6. The van der Waals surface area contributed by atoms with E-state index < -0.39 is 0 Å². The third-order valence-corrected chi connectivity index (χ3v) is 5.06. The zero-order valence-electron chi connectivity index (χ0n) is 16.5. The summed E-state index contributed by atoms with van der Waals surface area (Å²) in [5.41, 5.74) is 3.60. The van der Waals surface area contributed by atoms with E-state index in [0.717, 1.165) is 26.6 Å². The number of amides is 2. The lowest BCUT2D eigenvalue weighted by Crippen LogP contribution is -2.28. The number of carbonyl (C=O) groups excluding carboxylic acids is 2. The first-order valence-electron chi connectivity index (χ1n) is 9.17. The molecule has 0 aliphatic heterocycles. The highest BCUT2D eigenvalue weighted by Crippen LogP contribution is 2.22. The SMILES string of the molecule is COc1ccc2cc(C(=O)NCCC(=O)Nc3cc(Br)ccc3C)c(C)nc2c1. The van der Waals surface area contributed by atoms with Gasteiger partial charge >= 0.3 is 0 Å². The summed E-state index contributed by atoms with van der Waals surface area (Å²) in [6, 6.07) is 13.0. The van der Waals surface area contributed by atoms with Crippen molar-refractivity contribution in [2.24, 2.45) is 0 Å². The van der Waals surface area contributed by atoms with Crippen LogP contribution in [-0.2, 0) is 4.79 Å². The number of hydrogen-bond donors (Lipinski definition) is 2. The molecule has 0 aliphatic carbocycles. The molecule has 1 heterocycles. The molecule has 0 unspecified atom stereocenters. The number of anilines is 1. The highest BCUT2D eigenvalue weighted by atomic mass is 79.9. The number of benzene rings is 2. The van der Waals surface area contributed by atoms with Gasteiger partial charge in [-0.1, -0.05) is 22.0 Å². The maximum atomic E-state index is 12.6. The second-order valence-electron chi connectivity index (χ2n) is 6.69. The molecule has 1 aromatic heterocycles. The van der Waals surface area contributed by atoms with Crippen molar-refractivity contribution in [1.82, 2.24) is 10.3 Å². The number of pyridine rings is 1. The van der Waals surface area contributed by atoms with Crippen molar-refractivity contribution in [2.75, 3.05) is 19.0 Å². The van der Waals surface area contributed by atoms with E-state index in [4.69, 9.17) is 4.74 Å². The van der Waals surface area contributed by atoms with Gasteiger partial charge in [0.1, 0.15) is 5.75 Å². The molecule has 0 radical (unpaired) electrons. The summed E-state index contributed by atoms with van der Waals surface area (Å²) in [5, 5.41) is 6.51. The number of nitrogens with one attached hydrogen (secondary N) is 2. The van der Waals surface area contributed by atoms with Crippen LogP contribution < -0.4 is 15.4 Å². The third-order valence-electron chi connectivity index (χ3n) is 4.57. The van der Waals surface area contributed by atoms with Crippen LogP contribution in [0.3, 0.4) is 0 Å². The van der Waals surface area contributed by atoms with Crippen LogP contribution in [0.25, 0.3) is 10.9 Å². The largest absolute Gasteiger partial charge is 0.497 e. The average Bonchev–Trinajstić information content (AvgIpc) is 2.69. The molecule has 150 valence electrons. The number of hydrogen-bond acceptors (Lipinski definition) is 4. The monoisotopic (exact) mass is 455 g/mol. The molecule has 7 heteroatoms. The molecule has 2 N–H and O–H groups in total. The Morgan fingerprint density at radius 3 is 2.66 bits per heavy atom. The van der Waals surface area contributed by atoms with Crippen molar-refractivity contribution in [3.05, 3.63) is 63.8 Å². The smallest absolute Gasteiger partial charge is 0.253 e. The second-order valence-corrected chi connectivity index (χ2v) is 7.61. The molecule has 3 aromatic rings. The Morgan fingerprint density at radius 1 is 1.10 bits per heavy atom. The van der Waals surface area contributed by atoms with Gasteiger partial charge in [-0.05, 0) is 49.7 Å². The lowest BCUT2D eigenvalue weighted by Gasteiger charge is -2.11. The fourth-order valence-electron chi connectivity index (χ4n) is 2.93. The zero-order valence-corrected chi connectivity index (χ0v) is 18.1. The first-order valence-corrected chi connectivity index (χ1v) is 9.96. The number of aromatic nitrogens is 1. The Bertz CT molecular complexity index is 1080. The summed E-state index contributed by atoms with van der Waals surface area (Å²) in [4.78, 5) is 29.2. The van der Waals surface area contributed by atoms with Crippen molar-refractivity contribution in [1.29, 1.82) is 0 Å². The van der Waals surface area contributed by atoms with Gasteiger partial charge in [-0.15, -0.1) is 0 Å². The van der Waals surface area contributed by atoms with E-state index in [9.17, 15) is 9.59 Å². The molecule has 0 saturated heterocycles. The summed E-state index contributed by atoms with van der Waals surface area (Å²) in [6.45, 7) is 3.95. The first-order chi connectivity index (χ1) is 13.9. The van der Waals surface area contributed by atoms with Crippen molar-refractivity contribution >= 4 is 44.3 Å². The Morgan fingerprint density at radius 2 is 1.90 bits per heavy atom. The molecule has 0 atom stereocenters. The fourth-order valence-corrected chi connectivity index (χ4v) is 3.29. The van der Waals surface area contributed by atoms with Gasteiger partial charge in [0.05, 0.1) is 23.9 Å². The Labute approximate surface area is 177 Å². The standard InChI is InChI=1S/C22H22BrN3O3/c1-13-4-6-16(23)11-19(13)26-21(27)8-9-24-22(28)18-10-15-5-7-17(29-3)12-20(15)25-14(18)2/h4-7,10-12H,8-9H2,1-3H3,(H,24,28)(H,26,27). The van der Waals surface area contributed by atoms with Gasteiger partial charge in [0.15, 0.2) is 0 Å². The highest BCUT2D eigenvalue weighted by Gasteiger charge is 2.13. The Hall–Kier alpha value is -2.93. The number of carbonyl (C=O) groups is 2. The molecule has 0 bridgehead atoms. The first kappa shape index (κ1) is 20.8. The van der Waals surface area contributed by atoms with E-state index in [1.807, 2.05) is 43.3 Å². The molecule has 29 heavy (non-hydrogen) atoms. The summed E-state index contributed by atoms with van der Waals surface area (Å²) < 4.78 is 6.10. The lowest BCUT2D eigenvalue weighted by atomic mass is 10.1. The quantitative estimate of drug-likeness (QED) is 0.577. The fraction of sp³-hybridized carbons (Fsp3) is 0.227. The number of methoxy groups -OCH3 is 1. The predicted molar refractivity (Wildman–Crippen MR) is 117 cm³/mol. The van der Waals surface area contributed by atoms with Crippen molar-refractivity contribution < 1.29 is 14.3 Å². The van der Waals surface area contributed by atoms with E-state index in [1.54, 1.807) is 20.1 Å². The van der Waals surface area contributed by atoms with Gasteiger partial charge in [-0.2, -0.15) is 0 Å². The van der Waals surface area contributed by atoms with Crippen LogP contribution in [0.2, 0.25) is 0 Å². The molecule has 2 amide bonds. The van der Waals surface area contributed by atoms with Gasteiger partial charge in [0, 0.05) is 34.6 Å². The van der Waals surface area contributed by atoms with Crippen LogP contribution in [0.5, 0.6) is 5.75 Å². The van der Waals surface area contributed by atoms with Gasteiger partial charge in [0.25, 0.3) is 5.91 Å². The number of nitrogens with zero attached hydrogens (tertiary/aromatic N) is 1. The van der Waals surface area contributed by atoms with E-state index in [1.165, 1.54) is 0 Å². The van der Waals surface area contributed by atoms with Crippen molar-refractivity contribution in [3.63, 3.8) is 0 Å². The summed E-state index contributed by atoms with van der Waals surface area (Å²) >= 11 is 3.39. The second kappa shape index (κ2) is 9.05. The van der Waals surface area contributed by atoms with Crippen LogP contribution >= 0.6 is 15.9 Å². The van der Waals surface area contributed by atoms with Crippen LogP contribution in [0.4, 0.5) is 5.69 Å². The van der Waals surface area contributed by atoms with E-state index in [0.29, 0.717) is 17.0 Å². The highest BCUT2D eigenvalue weighted by molar-refractivity contribution is 9.10. The van der Waals surface area contributed by atoms with E-state index in [2.05, 4.69) is 31.5 Å². The Balaban J connectivity index is 1.61. The normalized spacial score (nSPS) is 10.6. The van der Waals surface area contributed by atoms with Crippen molar-refractivity contribution in [3.8, 4) is 5.75 Å². The molecule has 3 rings (SSSR count). The molecular formula is C22H22BrN3O3. The van der Waals surface area contributed by atoms with Crippen LogP contribution in [-0.4, -0.2) is 30.5 Å². The summed E-state index contributed by atoms with van der Waals surface area (Å²) in [5.74, 6) is 0.305. The average molecular weight is 456 g/mol. The minimum atomic E-state index is -0.251. The number of halogens is 1. The number of aryl methyl sites for hydroxylation is 2. The summed E-state index contributed by atoms with van der Waals surface area (Å²) in [6.07, 6.45) is 0.176. The maximum Gasteiger partial charge on any atom is 0.253 e. The van der Waals surface area contributed by atoms with Gasteiger partial charge in [-0.3, -0.25) is 14.6 Å². The third kappa shape index (κ3) is 5.12. The molecule has 0 spiro atoms. The van der Waals surface area contributed by atoms with Gasteiger partial charge in [0.2, 0.25) is 5.91 Å². The lowest BCUT2D eigenvalue weighted by molar-refractivity contribution is -0.116. The summed E-state index contributed by atoms with van der Waals surface area (Å²) in [7, 11) is 1.60. The van der Waals surface area contributed by atoms with E-state index in [-0.39, 0.29) is 24.8 Å². The topological polar surface area (TPSA) is 80.3 Å². The molecule has 2 aromatic carbocycles. The number of ether oxygens (including phenoxy) is 1. The predicted octanol–water partition coefficient (Wildman–Crippen LogP) is 4.38. The zero-order chi connectivity index (χ0) is 21.0. The number of fused-ring (bicyclic) bond motifs is 1. The molecule has 0 fully saturated rings. The van der Waals surface area contributed by atoms with Gasteiger partial charge in [-0.25, -0.2) is 0 Å². The minimum absolute atomic E-state index is 0.160. The van der Waals surface area contributed by atoms with Crippen LogP contribution in [0.15, 0.2) is 46.9 Å². The van der Waals surface area contributed by atoms with E-state index >= 15 is 0 Å². The molecular weight excluding hydrogens is 434 g/mol. The van der Waals surface area contributed by atoms with Crippen LogP contribution in [0, 0.1) is 13.8 Å². The number of rotatable bonds is 6. The molecule has 6 nitrogen and oxygen atoms in total. The molecule has 0 saturated carbocycles. The van der Waals surface area contributed by atoms with Crippen LogP contribution in [0.1, 0.15) is 28.0 Å². The molecule has 0 aliphatic rings. The van der Waals surface area contributed by atoms with Crippen molar-refractivity contribution in [2.45, 2.75) is 20.3 Å². The van der Waals surface area contributed by atoms with Gasteiger partial charge < -0.3 is 15.4 Å².